The third-order valence-electron chi connectivity index (χ3n) is 4.05. The Hall–Kier alpha value is -3.08. The van der Waals surface area contributed by atoms with E-state index in [1.165, 1.54) is 28.4 Å². The van der Waals surface area contributed by atoms with Crippen LogP contribution in [0.3, 0.4) is 0 Å². The fourth-order valence-electron chi connectivity index (χ4n) is 2.79. The van der Waals surface area contributed by atoms with Gasteiger partial charge in [0.15, 0.2) is 0 Å². The van der Waals surface area contributed by atoms with E-state index in [1.807, 2.05) is 0 Å². The van der Waals surface area contributed by atoms with E-state index >= 15 is 0 Å². The maximum absolute atomic E-state index is 11.6. The second kappa shape index (κ2) is 7.74. The molecule has 9 nitrogen and oxygen atoms in total. The first-order chi connectivity index (χ1) is 14.0. The van der Waals surface area contributed by atoms with Crippen LogP contribution >= 0.6 is 35.4 Å². The molecule has 2 heterocycles. The molecule has 0 bridgehead atoms. The number of para-hydroxylation sites is 1. The number of nitro groups is 1. The van der Waals surface area contributed by atoms with E-state index < -0.39 is 11.2 Å². The van der Waals surface area contributed by atoms with Crippen molar-refractivity contribution in [2.45, 2.75) is 6.23 Å². The molecule has 3 aromatic rings. The number of hydrogen-bond donors (Lipinski definition) is 0. The summed E-state index contributed by atoms with van der Waals surface area (Å²) in [6.07, 6.45) is 1.75. The second-order valence-corrected chi connectivity index (χ2v) is 7.01. The largest absolute Gasteiger partial charge is 0.446 e. The average Bonchev–Trinajstić information content (AvgIpc) is 3.21. The van der Waals surface area contributed by atoms with Crippen molar-refractivity contribution in [2.24, 2.45) is 4.99 Å². The Morgan fingerprint density at radius 2 is 1.86 bits per heavy atom. The smallest absolute Gasteiger partial charge is 0.278 e. The lowest BCUT2D eigenvalue weighted by molar-refractivity contribution is -0.386. The van der Waals surface area contributed by atoms with Gasteiger partial charge in [0.25, 0.3) is 5.69 Å². The van der Waals surface area contributed by atoms with E-state index in [4.69, 9.17) is 40.2 Å². The van der Waals surface area contributed by atoms with Crippen molar-refractivity contribution < 1.29 is 9.66 Å². The molecule has 12 heteroatoms. The number of benzene rings is 2. The maximum atomic E-state index is 11.6. The van der Waals surface area contributed by atoms with Gasteiger partial charge >= 0.3 is 0 Å². The number of rotatable bonds is 4. The van der Waals surface area contributed by atoms with Gasteiger partial charge in [0.05, 0.1) is 21.1 Å². The average molecular weight is 449 g/mol. The van der Waals surface area contributed by atoms with Gasteiger partial charge in [-0.15, -0.1) is 10.2 Å². The summed E-state index contributed by atoms with van der Waals surface area (Å²) in [6.45, 7) is 0. The lowest BCUT2D eigenvalue weighted by Crippen LogP contribution is -2.46. The van der Waals surface area contributed by atoms with Gasteiger partial charge in [0.2, 0.25) is 17.2 Å². The molecular weight excluding hydrogens is 439 g/mol. The molecule has 0 saturated heterocycles. The summed E-state index contributed by atoms with van der Waals surface area (Å²) >= 11 is 17.7. The number of halogens is 2. The van der Waals surface area contributed by atoms with E-state index in [-0.39, 0.29) is 22.3 Å². The molecule has 0 amide bonds. The van der Waals surface area contributed by atoms with Crippen molar-refractivity contribution in [1.29, 1.82) is 0 Å². The standard InChI is InChI=1S/C17H10Cl2N6O3S/c18-10-5-6-11(13(19)7-10)15-22-17(29)24(23-8-20-21-9-23)16(28-15)12-3-1-2-4-14(12)25(26)27/h1-9,16H. The van der Waals surface area contributed by atoms with Crippen molar-refractivity contribution in [1.82, 2.24) is 14.9 Å². The summed E-state index contributed by atoms with van der Waals surface area (Å²) in [5.74, 6) is 0.115. The lowest BCUT2D eigenvalue weighted by Gasteiger charge is -2.35. The van der Waals surface area contributed by atoms with Crippen LogP contribution in [0.4, 0.5) is 5.69 Å². The first-order valence-electron chi connectivity index (χ1n) is 8.08. The Morgan fingerprint density at radius 1 is 1.14 bits per heavy atom. The van der Waals surface area contributed by atoms with Crippen LogP contribution in [0.5, 0.6) is 0 Å². The highest BCUT2D eigenvalue weighted by molar-refractivity contribution is 7.80. The first kappa shape index (κ1) is 19.2. The molecule has 29 heavy (non-hydrogen) atoms. The van der Waals surface area contributed by atoms with Crippen LogP contribution in [-0.4, -0.2) is 30.8 Å². The van der Waals surface area contributed by atoms with Crippen molar-refractivity contribution in [3.05, 3.63) is 86.4 Å². The third-order valence-corrected chi connectivity index (χ3v) is 4.88. The van der Waals surface area contributed by atoms with Crippen LogP contribution in [0.2, 0.25) is 10.0 Å². The quantitative estimate of drug-likeness (QED) is 0.339. The number of aliphatic imine (C=N–C) groups is 1. The van der Waals surface area contributed by atoms with E-state index in [2.05, 4.69) is 15.2 Å². The summed E-state index contributed by atoms with van der Waals surface area (Å²) in [5, 5.41) is 21.3. The van der Waals surface area contributed by atoms with Gasteiger partial charge in [-0.2, -0.15) is 4.99 Å². The Kier molecular flexibility index (Phi) is 5.14. The van der Waals surface area contributed by atoms with Gasteiger partial charge in [0.1, 0.15) is 12.7 Å². The number of nitrogens with zero attached hydrogens (tertiary/aromatic N) is 6. The zero-order chi connectivity index (χ0) is 20.5. The van der Waals surface area contributed by atoms with Crippen LogP contribution in [0.1, 0.15) is 17.4 Å². The monoisotopic (exact) mass is 448 g/mol. The fourth-order valence-corrected chi connectivity index (χ4v) is 3.55. The van der Waals surface area contributed by atoms with Gasteiger partial charge in [-0.25, -0.2) is 9.69 Å². The van der Waals surface area contributed by atoms with Crippen molar-refractivity contribution in [3.63, 3.8) is 0 Å². The SMILES string of the molecule is O=[N+]([O-])c1ccccc1C1OC(c2ccc(Cl)cc2Cl)=NC(=S)N1n1cnnc1. The Morgan fingerprint density at radius 3 is 2.55 bits per heavy atom. The van der Waals surface area contributed by atoms with Gasteiger partial charge in [-0.3, -0.25) is 10.1 Å². The van der Waals surface area contributed by atoms with Crippen LogP contribution in [0.25, 0.3) is 0 Å². The molecule has 1 aromatic heterocycles. The molecule has 0 spiro atoms. The highest BCUT2D eigenvalue weighted by Gasteiger charge is 2.37. The van der Waals surface area contributed by atoms with Crippen LogP contribution in [0.15, 0.2) is 60.1 Å². The zero-order valence-corrected chi connectivity index (χ0v) is 16.7. The molecule has 2 aromatic carbocycles. The lowest BCUT2D eigenvalue weighted by atomic mass is 10.1. The number of aromatic nitrogens is 3. The van der Waals surface area contributed by atoms with E-state index in [0.717, 1.165) is 0 Å². The minimum Gasteiger partial charge on any atom is -0.446 e. The Bertz CT molecular complexity index is 1140. The predicted molar refractivity (Wildman–Crippen MR) is 111 cm³/mol. The third kappa shape index (κ3) is 3.65. The Balaban J connectivity index is 1.86. The van der Waals surface area contributed by atoms with Crippen molar-refractivity contribution in [3.8, 4) is 0 Å². The van der Waals surface area contributed by atoms with Gasteiger partial charge in [-0.05, 0) is 36.5 Å². The van der Waals surface area contributed by atoms with E-state index in [1.54, 1.807) is 36.4 Å². The van der Waals surface area contributed by atoms with Gasteiger partial charge in [0, 0.05) is 11.1 Å². The molecular formula is C17H10Cl2N6O3S. The summed E-state index contributed by atoms with van der Waals surface area (Å²) in [5.41, 5.74) is 0.582. The molecule has 0 aliphatic carbocycles. The molecule has 146 valence electrons. The van der Waals surface area contributed by atoms with E-state index in [0.29, 0.717) is 15.6 Å². The van der Waals surface area contributed by atoms with Crippen LogP contribution in [-0.2, 0) is 4.74 Å². The zero-order valence-electron chi connectivity index (χ0n) is 14.3. The Labute approximate surface area is 179 Å². The molecule has 0 N–H and O–H groups in total. The molecule has 1 aliphatic heterocycles. The highest BCUT2D eigenvalue weighted by atomic mass is 35.5. The number of nitro benzene ring substituents is 1. The molecule has 0 radical (unpaired) electrons. The molecule has 1 unspecified atom stereocenters. The van der Waals surface area contributed by atoms with Gasteiger partial charge in [-0.1, -0.05) is 35.3 Å². The molecule has 0 saturated carbocycles. The summed E-state index contributed by atoms with van der Waals surface area (Å²) < 4.78 is 7.49. The predicted octanol–water partition coefficient (Wildman–Crippen LogP) is 3.89. The maximum Gasteiger partial charge on any atom is 0.278 e. The van der Waals surface area contributed by atoms with Crippen LogP contribution < -0.4 is 5.01 Å². The normalized spacial score (nSPS) is 16.3. The van der Waals surface area contributed by atoms with E-state index in [9.17, 15) is 10.1 Å². The summed E-state index contributed by atoms with van der Waals surface area (Å²) in [7, 11) is 0. The topological polar surface area (TPSA) is 98.7 Å². The molecule has 0 fully saturated rings. The summed E-state index contributed by atoms with van der Waals surface area (Å²) in [6, 6.07) is 11.0. The van der Waals surface area contributed by atoms with Crippen LogP contribution in [0, 0.1) is 10.1 Å². The second-order valence-electron chi connectivity index (χ2n) is 5.80. The summed E-state index contributed by atoms with van der Waals surface area (Å²) in [4.78, 5) is 15.4. The fraction of sp³-hybridized carbons (Fsp3) is 0.0588. The van der Waals surface area contributed by atoms with Crippen molar-refractivity contribution >= 4 is 52.1 Å². The first-order valence-corrected chi connectivity index (χ1v) is 9.24. The molecule has 4 rings (SSSR count). The minimum absolute atomic E-state index is 0.0835. The molecule has 1 atom stereocenters. The number of hydrogen-bond acceptors (Lipinski definition) is 6. The molecule has 1 aliphatic rings. The van der Waals surface area contributed by atoms with Crippen molar-refractivity contribution in [2.75, 3.05) is 5.01 Å². The van der Waals surface area contributed by atoms with Gasteiger partial charge < -0.3 is 4.74 Å². The highest BCUT2D eigenvalue weighted by Crippen LogP contribution is 2.34. The number of thiocarbonyl (C=S) groups is 1. The minimum atomic E-state index is -1.01. The number of ether oxygens (including phenoxy) is 1.